The molecule has 4 rings (SSSR count). The van der Waals surface area contributed by atoms with E-state index in [1.165, 1.54) is 5.56 Å². The van der Waals surface area contributed by atoms with Crippen molar-refractivity contribution < 1.29 is 5.11 Å². The number of likely N-dealkylation sites (N-methyl/N-ethyl adjacent to an activating group) is 1. The summed E-state index contributed by atoms with van der Waals surface area (Å²) in [4.78, 5) is 19.3. The van der Waals surface area contributed by atoms with Gasteiger partial charge in [0, 0.05) is 35.8 Å². The van der Waals surface area contributed by atoms with Crippen LogP contribution < -0.4 is 4.90 Å². The lowest BCUT2D eigenvalue weighted by atomic mass is 9.83. The Hall–Kier alpha value is -2.77. The summed E-state index contributed by atoms with van der Waals surface area (Å²) in [7, 11) is 1.99. The van der Waals surface area contributed by atoms with Crippen molar-refractivity contribution in [3.63, 3.8) is 0 Å². The van der Waals surface area contributed by atoms with Gasteiger partial charge >= 0.3 is 0 Å². The molecule has 6 nitrogen and oxygen atoms in total. The Morgan fingerprint density at radius 1 is 1.06 bits per heavy atom. The van der Waals surface area contributed by atoms with Gasteiger partial charge in [-0.15, -0.1) is 11.3 Å². The summed E-state index contributed by atoms with van der Waals surface area (Å²) < 4.78 is 0. The van der Waals surface area contributed by atoms with Gasteiger partial charge in [-0.25, -0.2) is 9.97 Å². The van der Waals surface area contributed by atoms with Gasteiger partial charge in [-0.1, -0.05) is 40.7 Å². The highest BCUT2D eigenvalue weighted by Crippen LogP contribution is 2.34. The number of aliphatic hydroxyl groups is 1. The van der Waals surface area contributed by atoms with E-state index in [1.54, 1.807) is 23.7 Å². The number of imidazole rings is 1. The maximum absolute atomic E-state index is 10.3. The summed E-state index contributed by atoms with van der Waals surface area (Å²) in [6, 6.07) is 10.2. The Balaban J connectivity index is 1.55. The molecule has 2 N–H and O–H groups in total. The lowest BCUT2D eigenvalue weighted by Gasteiger charge is -2.33. The van der Waals surface area contributed by atoms with E-state index in [4.69, 9.17) is 9.97 Å². The summed E-state index contributed by atoms with van der Waals surface area (Å²) in [6.07, 6.45) is 4.32. The van der Waals surface area contributed by atoms with Gasteiger partial charge in [0.05, 0.1) is 29.4 Å². The van der Waals surface area contributed by atoms with E-state index >= 15 is 0 Å². The van der Waals surface area contributed by atoms with Crippen LogP contribution >= 0.6 is 11.3 Å². The number of benzene rings is 1. The van der Waals surface area contributed by atoms with E-state index in [2.05, 4.69) is 73.1 Å². The van der Waals surface area contributed by atoms with Gasteiger partial charge in [-0.05, 0) is 41.7 Å². The first-order chi connectivity index (χ1) is 15.6. The number of anilines is 1. The van der Waals surface area contributed by atoms with Crippen LogP contribution in [0.2, 0.25) is 0 Å². The fourth-order valence-corrected chi connectivity index (χ4v) is 5.05. The van der Waals surface area contributed by atoms with Crippen molar-refractivity contribution in [1.82, 2.24) is 19.9 Å². The number of hydrogen-bond donors (Lipinski definition) is 2. The molecule has 4 aromatic rings. The van der Waals surface area contributed by atoms with E-state index in [-0.39, 0.29) is 23.5 Å². The fraction of sp³-hybridized carbons (Fsp3) is 0.423. The Bertz CT molecular complexity index is 1220. The van der Waals surface area contributed by atoms with Gasteiger partial charge in [0.1, 0.15) is 5.01 Å². The minimum Gasteiger partial charge on any atom is -0.394 e. The van der Waals surface area contributed by atoms with Crippen LogP contribution in [0.3, 0.4) is 0 Å². The first-order valence-corrected chi connectivity index (χ1v) is 12.2. The SMILES string of the molecule is CN(c1nc2ccc(C(C)(C)C)cc2[nH]1)C(CO)CC(C)(C)c1csc(-c2ccncc2)n1. The molecule has 3 heterocycles. The Morgan fingerprint density at radius 3 is 2.45 bits per heavy atom. The maximum Gasteiger partial charge on any atom is 0.203 e. The Labute approximate surface area is 199 Å². The van der Waals surface area contributed by atoms with Crippen LogP contribution in [0.15, 0.2) is 48.1 Å². The number of H-pyrrole nitrogens is 1. The zero-order chi connectivity index (χ0) is 23.8. The monoisotopic (exact) mass is 463 g/mol. The van der Waals surface area contributed by atoms with Gasteiger partial charge in [-0.2, -0.15) is 0 Å². The number of rotatable bonds is 7. The molecule has 0 aliphatic rings. The number of hydrogen-bond acceptors (Lipinski definition) is 6. The molecule has 0 saturated heterocycles. The number of pyridine rings is 1. The zero-order valence-electron chi connectivity index (χ0n) is 20.3. The molecular formula is C26H33N5OS. The van der Waals surface area contributed by atoms with Gasteiger partial charge < -0.3 is 15.0 Å². The lowest BCUT2D eigenvalue weighted by molar-refractivity contribution is 0.235. The van der Waals surface area contributed by atoms with Crippen LogP contribution in [-0.2, 0) is 10.8 Å². The maximum atomic E-state index is 10.3. The molecule has 0 amide bonds. The summed E-state index contributed by atoms with van der Waals surface area (Å²) in [5, 5.41) is 13.4. The molecule has 33 heavy (non-hydrogen) atoms. The molecule has 1 unspecified atom stereocenters. The topological polar surface area (TPSA) is 77.9 Å². The smallest absolute Gasteiger partial charge is 0.203 e. The van der Waals surface area contributed by atoms with Gasteiger partial charge in [-0.3, -0.25) is 4.98 Å². The van der Waals surface area contributed by atoms with Crippen molar-refractivity contribution in [2.45, 2.75) is 57.9 Å². The predicted octanol–water partition coefficient (Wildman–Crippen LogP) is 5.54. The third-order valence-electron chi connectivity index (χ3n) is 6.30. The van der Waals surface area contributed by atoms with E-state index in [0.29, 0.717) is 0 Å². The second-order valence-electron chi connectivity index (χ2n) is 10.4. The van der Waals surface area contributed by atoms with E-state index < -0.39 is 0 Å². The van der Waals surface area contributed by atoms with E-state index in [0.717, 1.165) is 39.7 Å². The first kappa shape index (κ1) is 23.4. The summed E-state index contributed by atoms with van der Waals surface area (Å²) in [5.41, 5.74) is 5.18. The zero-order valence-corrected chi connectivity index (χ0v) is 21.1. The molecule has 0 aliphatic heterocycles. The predicted molar refractivity (Wildman–Crippen MR) is 137 cm³/mol. The molecule has 1 aromatic carbocycles. The quantitative estimate of drug-likeness (QED) is 0.376. The Morgan fingerprint density at radius 2 is 1.79 bits per heavy atom. The average molecular weight is 464 g/mol. The highest BCUT2D eigenvalue weighted by Gasteiger charge is 2.30. The van der Waals surface area contributed by atoms with E-state index in [1.807, 2.05) is 19.2 Å². The van der Waals surface area contributed by atoms with Crippen LogP contribution in [0.25, 0.3) is 21.6 Å². The minimum atomic E-state index is -0.213. The summed E-state index contributed by atoms with van der Waals surface area (Å²) in [5.74, 6) is 0.765. The van der Waals surface area contributed by atoms with Crippen molar-refractivity contribution in [2.75, 3.05) is 18.6 Å². The number of nitrogens with zero attached hydrogens (tertiary/aromatic N) is 4. The largest absolute Gasteiger partial charge is 0.394 e. The second kappa shape index (κ2) is 8.88. The Kier molecular flexibility index (Phi) is 6.29. The van der Waals surface area contributed by atoms with Crippen LogP contribution in [0.1, 0.15) is 52.3 Å². The minimum absolute atomic E-state index is 0.0333. The number of aromatic nitrogens is 4. The van der Waals surface area contributed by atoms with Crippen LogP contribution in [0.5, 0.6) is 0 Å². The van der Waals surface area contributed by atoms with Crippen molar-refractivity contribution in [3.05, 3.63) is 59.4 Å². The number of nitrogens with one attached hydrogen (secondary N) is 1. The molecule has 0 spiro atoms. The molecular weight excluding hydrogens is 430 g/mol. The molecule has 0 fully saturated rings. The van der Waals surface area contributed by atoms with Crippen molar-refractivity contribution in [3.8, 4) is 10.6 Å². The molecule has 0 aliphatic carbocycles. The molecule has 1 atom stereocenters. The number of aromatic amines is 1. The number of thiazole rings is 1. The lowest BCUT2D eigenvalue weighted by Crippen LogP contribution is -2.40. The molecule has 7 heteroatoms. The normalized spacial score (nSPS) is 13.4. The molecule has 0 radical (unpaired) electrons. The van der Waals surface area contributed by atoms with Gasteiger partial charge in [0.15, 0.2) is 0 Å². The second-order valence-corrected chi connectivity index (χ2v) is 11.2. The third kappa shape index (κ3) is 4.94. The van der Waals surface area contributed by atoms with Gasteiger partial charge in [0.2, 0.25) is 5.95 Å². The van der Waals surface area contributed by atoms with Crippen molar-refractivity contribution in [1.29, 1.82) is 0 Å². The molecule has 174 valence electrons. The standard InChI is InChI=1S/C26H33N5OS/c1-25(2,3)18-7-8-20-21(13-18)29-24(28-20)31(6)19(15-32)14-26(4,5)22-16-33-23(30-22)17-9-11-27-12-10-17/h7-13,16,19,32H,14-15H2,1-6H3,(H,28,29). The average Bonchev–Trinajstić information content (AvgIpc) is 3.44. The summed E-state index contributed by atoms with van der Waals surface area (Å²) in [6.45, 7) is 11.0. The third-order valence-corrected chi connectivity index (χ3v) is 7.19. The molecule has 0 saturated carbocycles. The van der Waals surface area contributed by atoms with Crippen molar-refractivity contribution in [2.24, 2.45) is 0 Å². The summed E-state index contributed by atoms with van der Waals surface area (Å²) >= 11 is 1.64. The van der Waals surface area contributed by atoms with Crippen LogP contribution in [0, 0.1) is 0 Å². The number of fused-ring (bicyclic) bond motifs is 1. The molecule has 0 bridgehead atoms. The first-order valence-electron chi connectivity index (χ1n) is 11.3. The molecule has 3 aromatic heterocycles. The fourth-order valence-electron chi connectivity index (χ4n) is 4.03. The van der Waals surface area contributed by atoms with Crippen molar-refractivity contribution >= 4 is 28.3 Å². The highest BCUT2D eigenvalue weighted by atomic mass is 32.1. The van der Waals surface area contributed by atoms with Crippen LogP contribution in [-0.4, -0.2) is 44.7 Å². The van der Waals surface area contributed by atoms with Gasteiger partial charge in [0.25, 0.3) is 0 Å². The van der Waals surface area contributed by atoms with E-state index in [9.17, 15) is 5.11 Å². The highest BCUT2D eigenvalue weighted by molar-refractivity contribution is 7.13. The van der Waals surface area contributed by atoms with Crippen LogP contribution in [0.4, 0.5) is 5.95 Å². The number of aliphatic hydroxyl groups excluding tert-OH is 1.